The molecule has 0 aromatic heterocycles. The lowest BCUT2D eigenvalue weighted by Crippen LogP contribution is -2.42. The molecule has 2 atom stereocenters. The number of ether oxygens (including phenoxy) is 1. The van der Waals surface area contributed by atoms with E-state index in [0.717, 1.165) is 39.0 Å². The number of carbonyl (C=O) groups excluding carboxylic acids is 2. The van der Waals surface area contributed by atoms with Gasteiger partial charge in [0.05, 0.1) is 13.5 Å². The Morgan fingerprint density at radius 2 is 1.78 bits per heavy atom. The summed E-state index contributed by atoms with van der Waals surface area (Å²) in [7, 11) is 1.45. The van der Waals surface area contributed by atoms with E-state index in [1.54, 1.807) is 0 Å². The molecule has 2 heterocycles. The minimum atomic E-state index is -0.136. The zero-order chi connectivity index (χ0) is 16.2. The molecule has 3 aliphatic rings. The minimum Gasteiger partial charge on any atom is -0.469 e. The van der Waals surface area contributed by atoms with Gasteiger partial charge in [0.2, 0.25) is 5.91 Å². The number of esters is 1. The lowest BCUT2D eigenvalue weighted by molar-refractivity contribution is -0.141. The lowest BCUT2D eigenvalue weighted by Gasteiger charge is -2.29. The van der Waals surface area contributed by atoms with Crippen LogP contribution in [0.3, 0.4) is 0 Å². The van der Waals surface area contributed by atoms with Crippen LogP contribution in [0.15, 0.2) is 0 Å². The minimum absolute atomic E-state index is 0.136. The maximum absolute atomic E-state index is 12.7. The van der Waals surface area contributed by atoms with Crippen LogP contribution in [0.4, 0.5) is 0 Å². The van der Waals surface area contributed by atoms with Crippen molar-refractivity contribution in [3.63, 3.8) is 0 Å². The highest BCUT2D eigenvalue weighted by Crippen LogP contribution is 2.33. The Bertz CT molecular complexity index is 434. The summed E-state index contributed by atoms with van der Waals surface area (Å²) >= 11 is 0. The van der Waals surface area contributed by atoms with Crippen LogP contribution in [0.25, 0.3) is 0 Å². The summed E-state index contributed by atoms with van der Waals surface area (Å²) in [5, 5.41) is 0. The first-order chi connectivity index (χ1) is 11.2. The van der Waals surface area contributed by atoms with E-state index in [0.29, 0.717) is 24.3 Å². The van der Waals surface area contributed by atoms with Gasteiger partial charge >= 0.3 is 5.97 Å². The van der Waals surface area contributed by atoms with Crippen LogP contribution in [-0.2, 0) is 14.3 Å². The normalized spacial score (nSPS) is 29.3. The van der Waals surface area contributed by atoms with Crippen molar-refractivity contribution in [3.05, 3.63) is 0 Å². The van der Waals surface area contributed by atoms with Gasteiger partial charge in [-0.15, -0.1) is 0 Å². The first kappa shape index (κ1) is 16.7. The molecule has 0 N–H and O–H groups in total. The highest BCUT2D eigenvalue weighted by atomic mass is 16.5. The predicted octanol–water partition coefficient (Wildman–Crippen LogP) is 2.05. The molecule has 1 amide bonds. The Labute approximate surface area is 139 Å². The van der Waals surface area contributed by atoms with E-state index in [9.17, 15) is 9.59 Å². The van der Waals surface area contributed by atoms with E-state index in [-0.39, 0.29) is 11.9 Å². The molecule has 5 nitrogen and oxygen atoms in total. The quantitative estimate of drug-likeness (QED) is 0.743. The van der Waals surface area contributed by atoms with Crippen molar-refractivity contribution < 1.29 is 14.3 Å². The fourth-order valence-corrected chi connectivity index (χ4v) is 4.66. The number of fused-ring (bicyclic) bond motifs is 1. The molecule has 130 valence electrons. The van der Waals surface area contributed by atoms with Crippen LogP contribution < -0.4 is 0 Å². The fraction of sp³-hybridized carbons (Fsp3) is 0.889. The van der Waals surface area contributed by atoms with Gasteiger partial charge in [-0.25, -0.2) is 0 Å². The van der Waals surface area contributed by atoms with Crippen LogP contribution in [0.1, 0.15) is 51.4 Å². The first-order valence-electron chi connectivity index (χ1n) is 9.28. The number of likely N-dealkylation sites (tertiary alicyclic amines) is 2. The van der Waals surface area contributed by atoms with Crippen molar-refractivity contribution in [2.24, 2.45) is 11.8 Å². The van der Waals surface area contributed by atoms with Gasteiger partial charge < -0.3 is 9.64 Å². The predicted molar refractivity (Wildman–Crippen MR) is 87.9 cm³/mol. The van der Waals surface area contributed by atoms with Crippen molar-refractivity contribution in [2.45, 2.75) is 57.4 Å². The number of amides is 1. The van der Waals surface area contributed by atoms with E-state index in [1.807, 2.05) is 0 Å². The molecule has 3 fully saturated rings. The van der Waals surface area contributed by atoms with Crippen molar-refractivity contribution in [2.75, 3.05) is 33.3 Å². The van der Waals surface area contributed by atoms with Crippen molar-refractivity contribution in [3.8, 4) is 0 Å². The van der Waals surface area contributed by atoms with Gasteiger partial charge in [0, 0.05) is 31.6 Å². The summed E-state index contributed by atoms with van der Waals surface area (Å²) in [4.78, 5) is 28.8. The molecule has 23 heavy (non-hydrogen) atoms. The summed E-state index contributed by atoms with van der Waals surface area (Å²) in [6.07, 6.45) is 8.69. The standard InChI is InChI=1S/C18H30N2O3/c1-23-17(21)9-11-19-10-5-4-8-15-12-20(13-16(15)19)18(22)14-6-2-3-7-14/h14-16H,2-13H2,1H3/t15-,16+/m0/s1. The number of nitrogens with zero attached hydrogens (tertiary/aromatic N) is 2. The zero-order valence-electron chi connectivity index (χ0n) is 14.3. The van der Waals surface area contributed by atoms with Gasteiger partial charge in [0.25, 0.3) is 0 Å². The molecule has 0 aromatic carbocycles. The Morgan fingerprint density at radius 3 is 2.52 bits per heavy atom. The van der Waals surface area contributed by atoms with Crippen molar-refractivity contribution in [1.29, 1.82) is 0 Å². The SMILES string of the molecule is COC(=O)CCN1CCCC[C@H]2CN(C(=O)C3CCCC3)C[C@H]21. The Hall–Kier alpha value is -1.10. The number of hydrogen-bond acceptors (Lipinski definition) is 4. The Balaban J connectivity index is 1.61. The van der Waals surface area contributed by atoms with Crippen LogP contribution >= 0.6 is 0 Å². The molecule has 2 saturated heterocycles. The van der Waals surface area contributed by atoms with Crippen LogP contribution in [0.5, 0.6) is 0 Å². The second-order valence-corrected chi connectivity index (χ2v) is 7.41. The van der Waals surface area contributed by atoms with Gasteiger partial charge in [-0.3, -0.25) is 14.5 Å². The largest absolute Gasteiger partial charge is 0.469 e. The van der Waals surface area contributed by atoms with Gasteiger partial charge in [-0.05, 0) is 38.1 Å². The van der Waals surface area contributed by atoms with E-state index in [2.05, 4.69) is 9.80 Å². The average molecular weight is 322 g/mol. The topological polar surface area (TPSA) is 49.9 Å². The molecule has 0 bridgehead atoms. The summed E-state index contributed by atoms with van der Waals surface area (Å²) in [6, 6.07) is 0.438. The number of rotatable bonds is 4. The van der Waals surface area contributed by atoms with Gasteiger partial charge in [0.15, 0.2) is 0 Å². The van der Waals surface area contributed by atoms with Crippen molar-refractivity contribution in [1.82, 2.24) is 9.80 Å². The van der Waals surface area contributed by atoms with E-state index in [4.69, 9.17) is 4.74 Å². The van der Waals surface area contributed by atoms with E-state index >= 15 is 0 Å². The fourth-order valence-electron chi connectivity index (χ4n) is 4.66. The molecule has 2 aliphatic heterocycles. The molecule has 1 saturated carbocycles. The molecule has 5 heteroatoms. The van der Waals surface area contributed by atoms with Gasteiger partial charge in [-0.2, -0.15) is 0 Å². The van der Waals surface area contributed by atoms with Gasteiger partial charge in [-0.1, -0.05) is 19.3 Å². The third-order valence-electron chi connectivity index (χ3n) is 5.99. The first-order valence-corrected chi connectivity index (χ1v) is 9.28. The highest BCUT2D eigenvalue weighted by Gasteiger charge is 2.41. The second kappa shape index (κ2) is 7.65. The second-order valence-electron chi connectivity index (χ2n) is 7.41. The molecule has 0 aromatic rings. The molecule has 0 unspecified atom stereocenters. The molecule has 0 radical (unpaired) electrons. The maximum Gasteiger partial charge on any atom is 0.306 e. The molecular formula is C18H30N2O3. The summed E-state index contributed by atoms with van der Waals surface area (Å²) < 4.78 is 4.78. The Kier molecular flexibility index (Phi) is 5.57. The third-order valence-corrected chi connectivity index (χ3v) is 5.99. The maximum atomic E-state index is 12.7. The van der Waals surface area contributed by atoms with E-state index < -0.39 is 0 Å². The van der Waals surface area contributed by atoms with Gasteiger partial charge in [0.1, 0.15) is 0 Å². The average Bonchev–Trinajstić information content (AvgIpc) is 3.20. The summed E-state index contributed by atoms with van der Waals surface area (Å²) in [5.74, 6) is 1.12. The van der Waals surface area contributed by atoms with Crippen molar-refractivity contribution >= 4 is 11.9 Å². The molecule has 1 aliphatic carbocycles. The smallest absolute Gasteiger partial charge is 0.306 e. The van der Waals surface area contributed by atoms with Crippen LogP contribution in [0, 0.1) is 11.8 Å². The lowest BCUT2D eigenvalue weighted by atomic mass is 9.98. The molecule has 0 spiro atoms. The number of hydrogen-bond donors (Lipinski definition) is 0. The zero-order valence-corrected chi connectivity index (χ0v) is 14.3. The van der Waals surface area contributed by atoms with Crippen LogP contribution in [0.2, 0.25) is 0 Å². The van der Waals surface area contributed by atoms with Crippen LogP contribution in [-0.4, -0.2) is 61.0 Å². The summed E-state index contributed by atoms with van der Waals surface area (Å²) in [6.45, 7) is 3.60. The Morgan fingerprint density at radius 1 is 1.04 bits per heavy atom. The third kappa shape index (κ3) is 3.87. The van der Waals surface area contributed by atoms with E-state index in [1.165, 1.54) is 39.2 Å². The number of carbonyl (C=O) groups is 2. The highest BCUT2D eigenvalue weighted by molar-refractivity contribution is 5.79. The molecular weight excluding hydrogens is 292 g/mol. The molecule has 3 rings (SSSR count). The monoisotopic (exact) mass is 322 g/mol. The number of methoxy groups -OCH3 is 1. The summed E-state index contributed by atoms with van der Waals surface area (Å²) in [5.41, 5.74) is 0.